The normalized spacial score (nSPS) is 15.4. The molecule has 0 aliphatic carbocycles. The van der Waals surface area contributed by atoms with Crippen LogP contribution in [-0.2, 0) is 6.18 Å². The van der Waals surface area contributed by atoms with Crippen molar-refractivity contribution in [3.05, 3.63) is 41.7 Å². The van der Waals surface area contributed by atoms with E-state index in [0.717, 1.165) is 43.9 Å². The van der Waals surface area contributed by atoms with Crippen molar-refractivity contribution in [2.45, 2.75) is 32.4 Å². The molecule has 4 nitrogen and oxygen atoms in total. The molecule has 0 spiro atoms. The van der Waals surface area contributed by atoms with Gasteiger partial charge < -0.3 is 10.2 Å². The second-order valence-corrected chi connectivity index (χ2v) is 5.91. The number of nitrogens with one attached hydrogen (secondary N) is 1. The molecule has 7 heteroatoms. The lowest BCUT2D eigenvalue weighted by Crippen LogP contribution is -2.30. The van der Waals surface area contributed by atoms with Gasteiger partial charge in [-0.2, -0.15) is 13.2 Å². The molecule has 0 bridgehead atoms. The van der Waals surface area contributed by atoms with Crippen molar-refractivity contribution in [2.24, 2.45) is 0 Å². The van der Waals surface area contributed by atoms with Crippen molar-refractivity contribution >= 4 is 17.3 Å². The standard InChI is InChI=1S/C17H19F3N4/c1-12-21-15(11-16(22-12)24-8-3-2-4-9-24)23-14-7-5-6-13(10-14)17(18,19)20/h5-7,10-11H,2-4,8-9H2,1H3,(H,21,22,23). The zero-order valence-electron chi connectivity index (χ0n) is 13.4. The minimum absolute atomic E-state index is 0.354. The summed E-state index contributed by atoms with van der Waals surface area (Å²) < 4.78 is 38.5. The molecule has 24 heavy (non-hydrogen) atoms. The summed E-state index contributed by atoms with van der Waals surface area (Å²) in [6.45, 7) is 3.67. The maximum absolute atomic E-state index is 12.8. The minimum Gasteiger partial charge on any atom is -0.356 e. The molecule has 1 N–H and O–H groups in total. The SMILES string of the molecule is Cc1nc(Nc2cccc(C(F)(F)F)c2)cc(N2CCCCC2)n1. The van der Waals surface area contributed by atoms with Gasteiger partial charge in [-0.15, -0.1) is 0 Å². The Morgan fingerprint density at radius 3 is 2.50 bits per heavy atom. The number of anilines is 3. The lowest BCUT2D eigenvalue weighted by molar-refractivity contribution is -0.137. The molecule has 1 fully saturated rings. The van der Waals surface area contributed by atoms with Gasteiger partial charge in [-0.3, -0.25) is 0 Å². The number of rotatable bonds is 3. The third-order valence-electron chi connectivity index (χ3n) is 3.97. The smallest absolute Gasteiger partial charge is 0.356 e. The number of aromatic nitrogens is 2. The third-order valence-corrected chi connectivity index (χ3v) is 3.97. The minimum atomic E-state index is -4.36. The molecule has 1 aromatic heterocycles. The molecule has 0 amide bonds. The van der Waals surface area contributed by atoms with Crippen LogP contribution >= 0.6 is 0 Å². The number of piperidine rings is 1. The van der Waals surface area contributed by atoms with Crippen LogP contribution in [0.5, 0.6) is 0 Å². The first-order valence-electron chi connectivity index (χ1n) is 7.97. The quantitative estimate of drug-likeness (QED) is 0.893. The number of alkyl halides is 3. The Hall–Kier alpha value is -2.31. The van der Waals surface area contributed by atoms with E-state index in [-0.39, 0.29) is 0 Å². The van der Waals surface area contributed by atoms with Gasteiger partial charge in [-0.05, 0) is 44.4 Å². The van der Waals surface area contributed by atoms with Crippen LogP contribution in [0.25, 0.3) is 0 Å². The van der Waals surface area contributed by atoms with Gasteiger partial charge >= 0.3 is 6.18 Å². The fourth-order valence-corrected chi connectivity index (χ4v) is 2.82. The summed E-state index contributed by atoms with van der Waals surface area (Å²) >= 11 is 0. The summed E-state index contributed by atoms with van der Waals surface area (Å²) in [6, 6.07) is 6.89. The zero-order valence-corrected chi connectivity index (χ0v) is 13.4. The number of hydrogen-bond donors (Lipinski definition) is 1. The van der Waals surface area contributed by atoms with Gasteiger partial charge in [-0.1, -0.05) is 6.07 Å². The number of aryl methyl sites for hydroxylation is 1. The second-order valence-electron chi connectivity index (χ2n) is 5.91. The molecular weight excluding hydrogens is 317 g/mol. The van der Waals surface area contributed by atoms with Crippen LogP contribution < -0.4 is 10.2 Å². The van der Waals surface area contributed by atoms with Gasteiger partial charge in [-0.25, -0.2) is 9.97 Å². The molecule has 1 aliphatic rings. The molecule has 1 saturated heterocycles. The van der Waals surface area contributed by atoms with Crippen LogP contribution in [0.3, 0.4) is 0 Å². The Morgan fingerprint density at radius 1 is 1.04 bits per heavy atom. The maximum atomic E-state index is 12.8. The van der Waals surface area contributed by atoms with Crippen LogP contribution in [0.2, 0.25) is 0 Å². The lowest BCUT2D eigenvalue weighted by atomic mass is 10.1. The average molecular weight is 336 g/mol. The van der Waals surface area contributed by atoms with E-state index in [1.54, 1.807) is 19.1 Å². The van der Waals surface area contributed by atoms with E-state index < -0.39 is 11.7 Å². The number of nitrogens with zero attached hydrogens (tertiary/aromatic N) is 3. The zero-order chi connectivity index (χ0) is 17.2. The van der Waals surface area contributed by atoms with Crippen molar-refractivity contribution in [1.29, 1.82) is 0 Å². The molecule has 1 aromatic carbocycles. The van der Waals surface area contributed by atoms with Gasteiger partial charge in [0, 0.05) is 24.8 Å². The molecule has 0 atom stereocenters. The van der Waals surface area contributed by atoms with E-state index in [0.29, 0.717) is 17.3 Å². The summed E-state index contributed by atoms with van der Waals surface area (Å²) in [5.41, 5.74) is -0.331. The van der Waals surface area contributed by atoms with Crippen molar-refractivity contribution in [1.82, 2.24) is 9.97 Å². The van der Waals surface area contributed by atoms with Crippen LogP contribution in [-0.4, -0.2) is 23.1 Å². The highest BCUT2D eigenvalue weighted by molar-refractivity contribution is 5.60. The first-order chi connectivity index (χ1) is 11.4. The molecule has 0 unspecified atom stereocenters. The van der Waals surface area contributed by atoms with Crippen LogP contribution in [0.4, 0.5) is 30.5 Å². The van der Waals surface area contributed by atoms with E-state index in [4.69, 9.17) is 0 Å². The summed E-state index contributed by atoms with van der Waals surface area (Å²) in [6.07, 6.45) is -0.896. The Kier molecular flexibility index (Phi) is 4.59. The highest BCUT2D eigenvalue weighted by atomic mass is 19.4. The summed E-state index contributed by atoms with van der Waals surface area (Å²) in [5, 5.41) is 2.96. The first kappa shape index (κ1) is 16.5. The van der Waals surface area contributed by atoms with Gasteiger partial charge in [0.1, 0.15) is 17.5 Å². The monoisotopic (exact) mass is 336 g/mol. The van der Waals surface area contributed by atoms with E-state index in [2.05, 4.69) is 20.2 Å². The number of hydrogen-bond acceptors (Lipinski definition) is 4. The Balaban J connectivity index is 1.83. The summed E-state index contributed by atoms with van der Waals surface area (Å²) in [5.74, 6) is 1.91. The van der Waals surface area contributed by atoms with Crippen molar-refractivity contribution in [3.8, 4) is 0 Å². The molecule has 2 heterocycles. The lowest BCUT2D eigenvalue weighted by Gasteiger charge is -2.28. The highest BCUT2D eigenvalue weighted by Crippen LogP contribution is 2.31. The topological polar surface area (TPSA) is 41.1 Å². The molecule has 1 aliphatic heterocycles. The fraction of sp³-hybridized carbons (Fsp3) is 0.412. The van der Waals surface area contributed by atoms with Gasteiger partial charge in [0.05, 0.1) is 5.56 Å². The molecule has 3 rings (SSSR count). The van der Waals surface area contributed by atoms with Crippen molar-refractivity contribution < 1.29 is 13.2 Å². The molecule has 0 saturated carbocycles. The Labute approximate surface area is 138 Å². The summed E-state index contributed by atoms with van der Waals surface area (Å²) in [7, 11) is 0. The predicted molar refractivity (Wildman–Crippen MR) is 87.6 cm³/mol. The molecular formula is C17H19F3N4. The van der Waals surface area contributed by atoms with Crippen molar-refractivity contribution in [2.75, 3.05) is 23.3 Å². The average Bonchev–Trinajstić information content (AvgIpc) is 2.54. The largest absolute Gasteiger partial charge is 0.416 e. The molecule has 2 aromatic rings. The van der Waals surface area contributed by atoms with Crippen LogP contribution in [0.1, 0.15) is 30.7 Å². The highest BCUT2D eigenvalue weighted by Gasteiger charge is 2.30. The van der Waals surface area contributed by atoms with E-state index in [1.807, 2.05) is 0 Å². The Bertz CT molecular complexity index is 709. The van der Waals surface area contributed by atoms with Crippen molar-refractivity contribution in [3.63, 3.8) is 0 Å². The van der Waals surface area contributed by atoms with Crippen LogP contribution in [0, 0.1) is 6.92 Å². The van der Waals surface area contributed by atoms with Crippen LogP contribution in [0.15, 0.2) is 30.3 Å². The predicted octanol–water partition coefficient (Wildman–Crippen LogP) is 4.54. The number of halogens is 3. The van der Waals surface area contributed by atoms with Gasteiger partial charge in [0.25, 0.3) is 0 Å². The van der Waals surface area contributed by atoms with E-state index in [1.165, 1.54) is 12.5 Å². The number of benzene rings is 1. The Morgan fingerprint density at radius 2 is 1.79 bits per heavy atom. The molecule has 128 valence electrons. The van der Waals surface area contributed by atoms with E-state index >= 15 is 0 Å². The first-order valence-corrected chi connectivity index (χ1v) is 7.97. The molecule has 0 radical (unpaired) electrons. The fourth-order valence-electron chi connectivity index (χ4n) is 2.82. The van der Waals surface area contributed by atoms with Gasteiger partial charge in [0.2, 0.25) is 0 Å². The maximum Gasteiger partial charge on any atom is 0.416 e. The second kappa shape index (κ2) is 6.67. The van der Waals surface area contributed by atoms with Gasteiger partial charge in [0.15, 0.2) is 0 Å². The third kappa shape index (κ3) is 3.96. The summed E-state index contributed by atoms with van der Waals surface area (Å²) in [4.78, 5) is 10.9. The van der Waals surface area contributed by atoms with E-state index in [9.17, 15) is 13.2 Å².